The Morgan fingerprint density at radius 2 is 2.00 bits per heavy atom. The molecule has 2 bridgehead atoms. The van der Waals surface area contributed by atoms with Crippen molar-refractivity contribution in [2.75, 3.05) is 7.05 Å². The fourth-order valence-electron chi connectivity index (χ4n) is 3.48. The second-order valence-electron chi connectivity index (χ2n) is 5.98. The normalized spacial score (nSPS) is 34.1. The Bertz CT molecular complexity index is 281. The van der Waals surface area contributed by atoms with Crippen LogP contribution in [0.5, 0.6) is 0 Å². The number of amides is 1. The van der Waals surface area contributed by atoms with Gasteiger partial charge in [-0.3, -0.25) is 4.79 Å². The number of carbonyl (C=O) groups is 1. The molecule has 4 nitrogen and oxygen atoms in total. The molecule has 2 unspecified atom stereocenters. The highest BCUT2D eigenvalue weighted by molar-refractivity contribution is 5.81. The summed E-state index contributed by atoms with van der Waals surface area (Å²) >= 11 is 0. The number of carbonyl (C=O) groups excluding carboxylic acids is 1. The summed E-state index contributed by atoms with van der Waals surface area (Å²) in [7, 11) is 2.23. The van der Waals surface area contributed by atoms with Crippen molar-refractivity contribution in [2.24, 2.45) is 5.73 Å². The summed E-state index contributed by atoms with van der Waals surface area (Å²) < 4.78 is 0. The van der Waals surface area contributed by atoms with Gasteiger partial charge in [0, 0.05) is 18.1 Å². The van der Waals surface area contributed by atoms with Crippen molar-refractivity contribution in [3.8, 4) is 0 Å². The summed E-state index contributed by atoms with van der Waals surface area (Å²) in [6.45, 7) is 2.06. The Balaban J connectivity index is 1.86. The second kappa shape index (κ2) is 6.02. The molecule has 0 aliphatic carbocycles. The molecule has 0 aromatic heterocycles. The van der Waals surface area contributed by atoms with E-state index < -0.39 is 0 Å². The van der Waals surface area contributed by atoms with Crippen LogP contribution < -0.4 is 11.1 Å². The molecular weight excluding hydrogens is 226 g/mol. The summed E-state index contributed by atoms with van der Waals surface area (Å²) in [5, 5.41) is 3.16. The standard InChI is InChI=1S/C14H27N3O/c1-3-5-13(15)14(18)16-10-8-11-6-4-7-12(9-10)17(11)2/h10-13H,3-9,15H2,1-2H3,(H,16,18)/t10?,11?,12?,13-/m0/s1. The number of rotatable bonds is 4. The van der Waals surface area contributed by atoms with Crippen LogP contribution in [0, 0.1) is 0 Å². The third kappa shape index (κ3) is 3.04. The summed E-state index contributed by atoms with van der Waals surface area (Å²) in [5.74, 6) is 0.0458. The van der Waals surface area contributed by atoms with E-state index in [2.05, 4.69) is 24.2 Å². The maximum Gasteiger partial charge on any atom is 0.237 e. The first-order valence-corrected chi connectivity index (χ1v) is 7.39. The summed E-state index contributed by atoms with van der Waals surface area (Å²) in [6, 6.07) is 1.33. The van der Waals surface area contributed by atoms with E-state index in [1.165, 1.54) is 19.3 Å². The van der Waals surface area contributed by atoms with E-state index in [-0.39, 0.29) is 11.9 Å². The third-order valence-corrected chi connectivity index (χ3v) is 4.62. The lowest BCUT2D eigenvalue weighted by Gasteiger charge is -2.47. The topological polar surface area (TPSA) is 58.4 Å². The monoisotopic (exact) mass is 253 g/mol. The number of nitrogens with one attached hydrogen (secondary N) is 1. The van der Waals surface area contributed by atoms with Crippen molar-refractivity contribution in [1.82, 2.24) is 10.2 Å². The first-order chi connectivity index (χ1) is 8.61. The van der Waals surface area contributed by atoms with Gasteiger partial charge in [0.1, 0.15) is 0 Å². The number of hydrogen-bond donors (Lipinski definition) is 2. The molecule has 2 heterocycles. The molecule has 0 aromatic carbocycles. The van der Waals surface area contributed by atoms with Gasteiger partial charge in [-0.15, -0.1) is 0 Å². The van der Waals surface area contributed by atoms with Crippen LogP contribution >= 0.6 is 0 Å². The summed E-state index contributed by atoms with van der Waals surface area (Å²) in [6.07, 6.45) is 7.84. The highest BCUT2D eigenvalue weighted by Gasteiger charge is 2.36. The molecule has 0 spiro atoms. The van der Waals surface area contributed by atoms with E-state index >= 15 is 0 Å². The zero-order valence-electron chi connectivity index (χ0n) is 11.7. The molecule has 2 rings (SSSR count). The van der Waals surface area contributed by atoms with Gasteiger partial charge in [-0.2, -0.15) is 0 Å². The Morgan fingerprint density at radius 1 is 1.39 bits per heavy atom. The van der Waals surface area contributed by atoms with Gasteiger partial charge in [-0.25, -0.2) is 0 Å². The van der Waals surface area contributed by atoms with E-state index in [1.807, 2.05) is 0 Å². The first-order valence-electron chi connectivity index (χ1n) is 7.39. The van der Waals surface area contributed by atoms with Crippen molar-refractivity contribution < 1.29 is 4.79 Å². The Kier molecular flexibility index (Phi) is 4.62. The van der Waals surface area contributed by atoms with Crippen LogP contribution in [-0.2, 0) is 4.79 Å². The highest BCUT2D eigenvalue weighted by Crippen LogP contribution is 2.32. The molecule has 2 saturated heterocycles. The first kappa shape index (κ1) is 13.8. The average molecular weight is 253 g/mol. The van der Waals surface area contributed by atoms with Crippen LogP contribution in [0.15, 0.2) is 0 Å². The molecule has 2 aliphatic heterocycles. The molecule has 3 atom stereocenters. The quantitative estimate of drug-likeness (QED) is 0.792. The molecule has 2 aliphatic rings. The molecule has 3 N–H and O–H groups in total. The molecule has 0 radical (unpaired) electrons. The van der Waals surface area contributed by atoms with Gasteiger partial charge in [0.2, 0.25) is 5.91 Å². The minimum absolute atomic E-state index is 0.0458. The van der Waals surface area contributed by atoms with Crippen LogP contribution in [0.3, 0.4) is 0 Å². The zero-order chi connectivity index (χ0) is 13.1. The number of hydrogen-bond acceptors (Lipinski definition) is 3. The SMILES string of the molecule is CCC[C@H](N)C(=O)NC1CC2CCCC(C1)N2C. The van der Waals surface area contributed by atoms with Crippen LogP contribution in [0.1, 0.15) is 51.9 Å². The fourth-order valence-corrected chi connectivity index (χ4v) is 3.48. The predicted molar refractivity (Wildman–Crippen MR) is 73.2 cm³/mol. The third-order valence-electron chi connectivity index (χ3n) is 4.62. The lowest BCUT2D eigenvalue weighted by atomic mass is 9.82. The lowest BCUT2D eigenvalue weighted by Crippen LogP contribution is -2.56. The van der Waals surface area contributed by atoms with E-state index in [0.717, 1.165) is 25.7 Å². The second-order valence-corrected chi connectivity index (χ2v) is 5.98. The number of nitrogens with zero attached hydrogens (tertiary/aromatic N) is 1. The fraction of sp³-hybridized carbons (Fsp3) is 0.929. The van der Waals surface area contributed by atoms with Crippen LogP contribution in [0.25, 0.3) is 0 Å². The minimum atomic E-state index is -0.325. The smallest absolute Gasteiger partial charge is 0.237 e. The van der Waals surface area contributed by atoms with Gasteiger partial charge in [-0.1, -0.05) is 19.8 Å². The van der Waals surface area contributed by atoms with E-state index in [1.54, 1.807) is 0 Å². The molecule has 18 heavy (non-hydrogen) atoms. The number of fused-ring (bicyclic) bond motifs is 2. The van der Waals surface area contributed by atoms with E-state index in [0.29, 0.717) is 18.1 Å². The van der Waals surface area contributed by atoms with E-state index in [4.69, 9.17) is 5.73 Å². The van der Waals surface area contributed by atoms with Crippen LogP contribution in [-0.4, -0.2) is 42.0 Å². The molecular formula is C14H27N3O. The van der Waals surface area contributed by atoms with Crippen molar-refractivity contribution >= 4 is 5.91 Å². The summed E-state index contributed by atoms with van der Waals surface area (Å²) in [5.41, 5.74) is 5.87. The minimum Gasteiger partial charge on any atom is -0.352 e. The Hall–Kier alpha value is -0.610. The van der Waals surface area contributed by atoms with Gasteiger partial charge >= 0.3 is 0 Å². The molecule has 0 saturated carbocycles. The van der Waals surface area contributed by atoms with E-state index in [9.17, 15) is 4.79 Å². The Labute approximate surface area is 110 Å². The molecule has 0 aromatic rings. The van der Waals surface area contributed by atoms with Gasteiger partial charge in [-0.05, 0) is 39.2 Å². The summed E-state index contributed by atoms with van der Waals surface area (Å²) in [4.78, 5) is 14.5. The number of nitrogens with two attached hydrogens (primary N) is 1. The zero-order valence-corrected chi connectivity index (χ0v) is 11.7. The average Bonchev–Trinajstić information content (AvgIpc) is 2.30. The maximum absolute atomic E-state index is 12.0. The lowest BCUT2D eigenvalue weighted by molar-refractivity contribution is -0.124. The highest BCUT2D eigenvalue weighted by atomic mass is 16.2. The number of piperidine rings is 2. The molecule has 104 valence electrons. The largest absolute Gasteiger partial charge is 0.352 e. The van der Waals surface area contributed by atoms with Crippen molar-refractivity contribution in [3.63, 3.8) is 0 Å². The maximum atomic E-state index is 12.0. The molecule has 4 heteroatoms. The molecule has 1 amide bonds. The molecule has 2 fully saturated rings. The van der Waals surface area contributed by atoms with Crippen molar-refractivity contribution in [2.45, 2.75) is 76.0 Å². The predicted octanol–water partition coefficient (Wildman–Crippen LogP) is 1.25. The van der Waals surface area contributed by atoms with Gasteiger partial charge in [0.05, 0.1) is 6.04 Å². The van der Waals surface area contributed by atoms with Gasteiger partial charge in [0.25, 0.3) is 0 Å². The van der Waals surface area contributed by atoms with Crippen LogP contribution in [0.4, 0.5) is 0 Å². The van der Waals surface area contributed by atoms with Crippen molar-refractivity contribution in [1.29, 1.82) is 0 Å². The van der Waals surface area contributed by atoms with Gasteiger partial charge < -0.3 is 16.0 Å². The Morgan fingerprint density at radius 3 is 2.56 bits per heavy atom. The van der Waals surface area contributed by atoms with Crippen LogP contribution in [0.2, 0.25) is 0 Å². The van der Waals surface area contributed by atoms with Gasteiger partial charge in [0.15, 0.2) is 0 Å². The van der Waals surface area contributed by atoms with Crippen molar-refractivity contribution in [3.05, 3.63) is 0 Å².